The van der Waals surface area contributed by atoms with Gasteiger partial charge in [0.05, 0.1) is 22.1 Å². The third kappa shape index (κ3) is 3.30. The average Bonchev–Trinajstić information content (AvgIpc) is 3.52. The van der Waals surface area contributed by atoms with Gasteiger partial charge in [0.25, 0.3) is 5.78 Å². The minimum atomic E-state index is -0.938. The molecule has 1 N–H and O–H groups in total. The Morgan fingerprint density at radius 1 is 1.19 bits per heavy atom. The van der Waals surface area contributed by atoms with Gasteiger partial charge >= 0.3 is 5.91 Å². The highest BCUT2D eigenvalue weighted by Gasteiger charge is 2.49. The molecule has 0 unspecified atom stereocenters. The van der Waals surface area contributed by atoms with Gasteiger partial charge in [-0.15, -0.1) is 0 Å². The van der Waals surface area contributed by atoms with Crippen LogP contribution in [0.4, 0.5) is 5.13 Å². The first-order valence-corrected chi connectivity index (χ1v) is 11.2. The Morgan fingerprint density at radius 2 is 1.97 bits per heavy atom. The molecule has 32 heavy (non-hydrogen) atoms. The number of halogens is 1. The van der Waals surface area contributed by atoms with Crippen LogP contribution in [0, 0.1) is 0 Å². The molecule has 1 saturated heterocycles. The maximum absolute atomic E-state index is 13.1. The lowest BCUT2D eigenvalue weighted by Gasteiger charge is -2.20. The van der Waals surface area contributed by atoms with Crippen molar-refractivity contribution in [1.29, 1.82) is 0 Å². The standard InChI is InChI=1S/C24H17ClN2O4S/c1-2-13-5-10-16-18(12-13)32-24(26-16)27-20(17-4-3-11-31-17)19(22(29)23(27)30)21(28)14-6-8-15(25)9-7-14/h3-12,20,28H,2H2,1H3/b21-19+/t20-/m1/s1. The maximum atomic E-state index is 13.1. The molecule has 4 aromatic rings. The molecule has 0 aliphatic carbocycles. The number of thiazole rings is 1. The number of hydrogen-bond donors (Lipinski definition) is 1. The fraction of sp³-hybridized carbons (Fsp3) is 0.125. The van der Waals surface area contributed by atoms with E-state index in [4.69, 9.17) is 16.0 Å². The van der Waals surface area contributed by atoms with Gasteiger partial charge in [0.2, 0.25) is 0 Å². The molecule has 0 saturated carbocycles. The number of ketones is 1. The smallest absolute Gasteiger partial charge is 0.302 e. The Bertz CT molecular complexity index is 1370. The van der Waals surface area contributed by atoms with Crippen molar-refractivity contribution in [3.63, 3.8) is 0 Å². The van der Waals surface area contributed by atoms with Gasteiger partial charge in [-0.1, -0.05) is 35.9 Å². The predicted molar refractivity (Wildman–Crippen MR) is 124 cm³/mol. The van der Waals surface area contributed by atoms with E-state index in [0.29, 0.717) is 21.5 Å². The largest absolute Gasteiger partial charge is 0.507 e. The second-order valence-corrected chi connectivity index (χ2v) is 8.79. The van der Waals surface area contributed by atoms with Gasteiger partial charge in [-0.05, 0) is 60.5 Å². The number of aliphatic hydroxyl groups excluding tert-OH is 1. The first kappa shape index (κ1) is 20.5. The Labute approximate surface area is 192 Å². The van der Waals surface area contributed by atoms with E-state index >= 15 is 0 Å². The number of rotatable bonds is 4. The van der Waals surface area contributed by atoms with Crippen LogP contribution in [0.1, 0.15) is 29.9 Å². The van der Waals surface area contributed by atoms with E-state index in [1.165, 1.54) is 22.5 Å². The highest BCUT2D eigenvalue weighted by Crippen LogP contribution is 2.44. The Kier molecular flexibility index (Phi) is 5.07. The number of aliphatic hydroxyl groups is 1. The predicted octanol–water partition coefficient (Wildman–Crippen LogP) is 5.73. The second kappa shape index (κ2) is 7.93. The van der Waals surface area contributed by atoms with Crippen LogP contribution in [-0.4, -0.2) is 21.8 Å². The molecule has 0 radical (unpaired) electrons. The normalized spacial score (nSPS) is 18.1. The summed E-state index contributed by atoms with van der Waals surface area (Å²) in [5, 5.41) is 11.9. The van der Waals surface area contributed by atoms with Gasteiger partial charge < -0.3 is 9.52 Å². The third-order valence-corrected chi connectivity index (χ3v) is 6.70. The summed E-state index contributed by atoms with van der Waals surface area (Å²) in [7, 11) is 0. The third-order valence-electron chi connectivity index (χ3n) is 5.43. The molecule has 1 aliphatic rings. The number of hydrogen-bond acceptors (Lipinski definition) is 6. The fourth-order valence-corrected chi connectivity index (χ4v) is 4.97. The molecule has 2 aromatic heterocycles. The summed E-state index contributed by atoms with van der Waals surface area (Å²) in [5.41, 5.74) is 2.21. The van der Waals surface area contributed by atoms with Crippen molar-refractivity contribution >= 4 is 55.7 Å². The van der Waals surface area contributed by atoms with Crippen LogP contribution in [0.2, 0.25) is 5.02 Å². The van der Waals surface area contributed by atoms with E-state index in [-0.39, 0.29) is 11.3 Å². The van der Waals surface area contributed by atoms with E-state index in [0.717, 1.165) is 22.2 Å². The molecule has 8 heteroatoms. The van der Waals surface area contributed by atoms with Gasteiger partial charge in [-0.2, -0.15) is 0 Å². The number of furan rings is 1. The zero-order chi connectivity index (χ0) is 22.4. The number of fused-ring (bicyclic) bond motifs is 1. The van der Waals surface area contributed by atoms with Crippen molar-refractivity contribution in [3.8, 4) is 0 Å². The van der Waals surface area contributed by atoms with E-state index in [1.54, 1.807) is 36.4 Å². The summed E-state index contributed by atoms with van der Waals surface area (Å²) < 4.78 is 6.49. The van der Waals surface area contributed by atoms with Gasteiger partial charge in [0.1, 0.15) is 17.6 Å². The van der Waals surface area contributed by atoms with Crippen molar-refractivity contribution in [2.45, 2.75) is 19.4 Å². The van der Waals surface area contributed by atoms with Crippen LogP contribution >= 0.6 is 22.9 Å². The lowest BCUT2D eigenvalue weighted by atomic mass is 9.99. The van der Waals surface area contributed by atoms with E-state index < -0.39 is 17.7 Å². The van der Waals surface area contributed by atoms with Gasteiger partial charge in [-0.3, -0.25) is 14.5 Å². The average molecular weight is 465 g/mol. The molecular formula is C24H17ClN2O4S. The van der Waals surface area contributed by atoms with E-state index in [2.05, 4.69) is 11.9 Å². The summed E-state index contributed by atoms with van der Waals surface area (Å²) in [4.78, 5) is 32.1. The molecule has 6 nitrogen and oxygen atoms in total. The summed E-state index contributed by atoms with van der Waals surface area (Å²) in [5.74, 6) is -1.50. The molecule has 1 fully saturated rings. The zero-order valence-electron chi connectivity index (χ0n) is 16.9. The van der Waals surface area contributed by atoms with Crippen molar-refractivity contribution in [3.05, 3.63) is 88.3 Å². The number of benzene rings is 2. The quantitative estimate of drug-likeness (QED) is 0.237. The number of Topliss-reactive ketones (excluding diaryl/α,β-unsaturated/α-hetero) is 1. The molecule has 5 rings (SSSR count). The van der Waals surface area contributed by atoms with Crippen LogP contribution < -0.4 is 4.90 Å². The summed E-state index contributed by atoms with van der Waals surface area (Å²) in [6.07, 6.45) is 2.34. The molecule has 0 bridgehead atoms. The highest BCUT2D eigenvalue weighted by atomic mass is 35.5. The highest BCUT2D eigenvalue weighted by molar-refractivity contribution is 7.22. The SMILES string of the molecule is CCc1ccc2nc(N3C(=O)C(=O)/C(=C(/O)c4ccc(Cl)cc4)[C@H]3c3ccco3)sc2c1. The molecule has 1 amide bonds. The lowest BCUT2D eigenvalue weighted by Crippen LogP contribution is -2.29. The fourth-order valence-electron chi connectivity index (χ4n) is 3.79. The topological polar surface area (TPSA) is 83.6 Å². The second-order valence-electron chi connectivity index (χ2n) is 7.34. The minimum absolute atomic E-state index is 0.0548. The monoisotopic (exact) mass is 464 g/mol. The Hall–Kier alpha value is -3.42. The zero-order valence-corrected chi connectivity index (χ0v) is 18.5. The van der Waals surface area contributed by atoms with Crippen LogP contribution in [0.5, 0.6) is 0 Å². The van der Waals surface area contributed by atoms with E-state index in [9.17, 15) is 14.7 Å². The Balaban J connectivity index is 1.69. The van der Waals surface area contributed by atoms with E-state index in [1.807, 2.05) is 18.2 Å². The lowest BCUT2D eigenvalue weighted by molar-refractivity contribution is -0.132. The maximum Gasteiger partial charge on any atom is 0.302 e. The molecule has 160 valence electrons. The van der Waals surface area contributed by atoms with Gasteiger partial charge in [0.15, 0.2) is 5.13 Å². The molecule has 1 aliphatic heterocycles. The number of carbonyl (C=O) groups excluding carboxylic acids is 2. The molecule has 3 heterocycles. The van der Waals surface area contributed by atoms with Gasteiger partial charge in [-0.25, -0.2) is 4.98 Å². The molecule has 2 aromatic carbocycles. The number of aromatic nitrogens is 1. The first-order chi connectivity index (χ1) is 15.5. The van der Waals surface area contributed by atoms with Crippen LogP contribution in [-0.2, 0) is 16.0 Å². The van der Waals surface area contributed by atoms with Crippen molar-refractivity contribution in [2.24, 2.45) is 0 Å². The van der Waals surface area contributed by atoms with Crippen LogP contribution in [0.3, 0.4) is 0 Å². The summed E-state index contributed by atoms with van der Waals surface area (Å²) in [6, 6.07) is 14.7. The van der Waals surface area contributed by atoms with Crippen molar-refractivity contribution in [1.82, 2.24) is 4.98 Å². The number of carbonyl (C=O) groups is 2. The van der Waals surface area contributed by atoms with Crippen molar-refractivity contribution in [2.75, 3.05) is 4.90 Å². The first-order valence-electron chi connectivity index (χ1n) is 9.97. The molecular weight excluding hydrogens is 448 g/mol. The number of amides is 1. The molecule has 1 atom stereocenters. The number of aryl methyl sites for hydroxylation is 1. The number of nitrogens with zero attached hydrogens (tertiary/aromatic N) is 2. The molecule has 0 spiro atoms. The van der Waals surface area contributed by atoms with Gasteiger partial charge in [0, 0.05) is 10.6 Å². The Morgan fingerprint density at radius 3 is 2.66 bits per heavy atom. The van der Waals surface area contributed by atoms with Crippen molar-refractivity contribution < 1.29 is 19.1 Å². The summed E-state index contributed by atoms with van der Waals surface area (Å²) >= 11 is 7.27. The van der Waals surface area contributed by atoms with Crippen LogP contribution in [0.15, 0.2) is 70.9 Å². The number of anilines is 1. The van der Waals surface area contributed by atoms with Crippen LogP contribution in [0.25, 0.3) is 16.0 Å². The minimum Gasteiger partial charge on any atom is -0.507 e. The summed E-state index contributed by atoms with van der Waals surface area (Å²) in [6.45, 7) is 2.06.